The monoisotopic (exact) mass is 383 g/mol. The minimum Gasteiger partial charge on any atom is -0.449 e. The number of hydrogen-bond donors (Lipinski definition) is 1. The molecule has 0 bridgehead atoms. The zero-order valence-corrected chi connectivity index (χ0v) is 14.6. The van der Waals surface area contributed by atoms with E-state index in [4.69, 9.17) is 4.74 Å². The van der Waals surface area contributed by atoms with Crippen LogP contribution < -0.4 is 5.32 Å². The molecule has 0 aliphatic carbocycles. The highest BCUT2D eigenvalue weighted by atomic mass is 32.2. The number of rotatable bonds is 5. The SMILES string of the molecule is C[C@@H](OC(=O)c1ccc(S(C)(=O)=O)cc1)C(=O)Nc1c(F)cccc1F. The van der Waals surface area contributed by atoms with Crippen molar-refractivity contribution in [1.29, 1.82) is 0 Å². The second kappa shape index (κ2) is 7.61. The van der Waals surface area contributed by atoms with E-state index >= 15 is 0 Å². The van der Waals surface area contributed by atoms with Gasteiger partial charge >= 0.3 is 5.97 Å². The van der Waals surface area contributed by atoms with E-state index in [9.17, 15) is 26.8 Å². The first kappa shape index (κ1) is 19.5. The Kier molecular flexibility index (Phi) is 5.71. The molecule has 1 atom stereocenters. The van der Waals surface area contributed by atoms with Gasteiger partial charge in [0, 0.05) is 6.26 Å². The molecule has 0 aromatic heterocycles. The molecule has 6 nitrogen and oxygen atoms in total. The van der Waals surface area contributed by atoms with Gasteiger partial charge in [0.15, 0.2) is 15.9 Å². The Morgan fingerprint density at radius 3 is 2.08 bits per heavy atom. The number of halogens is 2. The normalized spacial score (nSPS) is 12.3. The first-order chi connectivity index (χ1) is 12.1. The number of esters is 1. The van der Waals surface area contributed by atoms with Gasteiger partial charge in [-0.15, -0.1) is 0 Å². The van der Waals surface area contributed by atoms with Gasteiger partial charge < -0.3 is 10.1 Å². The smallest absolute Gasteiger partial charge is 0.338 e. The molecule has 1 amide bonds. The number of carbonyl (C=O) groups excluding carboxylic acids is 2. The van der Waals surface area contributed by atoms with Crippen LogP contribution in [0.25, 0.3) is 0 Å². The summed E-state index contributed by atoms with van der Waals surface area (Å²) < 4.78 is 54.7. The van der Waals surface area contributed by atoms with E-state index < -0.39 is 45.1 Å². The van der Waals surface area contributed by atoms with Gasteiger partial charge in [-0.25, -0.2) is 22.0 Å². The topological polar surface area (TPSA) is 89.5 Å². The maximum atomic E-state index is 13.5. The minimum atomic E-state index is -3.41. The lowest BCUT2D eigenvalue weighted by Crippen LogP contribution is -2.30. The Morgan fingerprint density at radius 2 is 1.58 bits per heavy atom. The minimum absolute atomic E-state index is 0.0223. The lowest BCUT2D eigenvalue weighted by atomic mass is 10.2. The summed E-state index contributed by atoms with van der Waals surface area (Å²) in [5.74, 6) is -3.74. The third-order valence-corrected chi connectivity index (χ3v) is 4.51. The summed E-state index contributed by atoms with van der Waals surface area (Å²) >= 11 is 0. The van der Waals surface area contributed by atoms with Gasteiger partial charge in [0.25, 0.3) is 5.91 Å². The van der Waals surface area contributed by atoms with Crippen molar-refractivity contribution >= 4 is 27.4 Å². The van der Waals surface area contributed by atoms with Crippen molar-refractivity contribution < 1.29 is 31.5 Å². The summed E-state index contributed by atoms with van der Waals surface area (Å²) in [5.41, 5.74) is -0.618. The lowest BCUT2D eigenvalue weighted by molar-refractivity contribution is -0.123. The molecular formula is C17H15F2NO5S. The molecule has 0 heterocycles. The fraction of sp³-hybridized carbons (Fsp3) is 0.176. The van der Waals surface area contributed by atoms with E-state index in [0.29, 0.717) is 0 Å². The summed E-state index contributed by atoms with van der Waals surface area (Å²) in [6.45, 7) is 1.23. The van der Waals surface area contributed by atoms with Gasteiger partial charge in [-0.3, -0.25) is 4.79 Å². The maximum absolute atomic E-state index is 13.5. The van der Waals surface area contributed by atoms with Crippen LogP contribution in [0.2, 0.25) is 0 Å². The van der Waals surface area contributed by atoms with Crippen LogP contribution in [0, 0.1) is 11.6 Å². The number of anilines is 1. The van der Waals surface area contributed by atoms with E-state index in [1.807, 2.05) is 5.32 Å². The molecule has 9 heteroatoms. The number of ether oxygens (including phenoxy) is 1. The van der Waals surface area contributed by atoms with E-state index in [0.717, 1.165) is 24.5 Å². The second-order valence-corrected chi connectivity index (χ2v) is 7.45. The largest absolute Gasteiger partial charge is 0.449 e. The molecule has 1 N–H and O–H groups in total. The van der Waals surface area contributed by atoms with Crippen LogP contribution >= 0.6 is 0 Å². The summed E-state index contributed by atoms with van der Waals surface area (Å²) in [5, 5.41) is 2.02. The van der Waals surface area contributed by atoms with Crippen LogP contribution in [0.1, 0.15) is 17.3 Å². The molecule has 0 saturated carbocycles. The van der Waals surface area contributed by atoms with Crippen molar-refractivity contribution in [1.82, 2.24) is 0 Å². The highest BCUT2D eigenvalue weighted by Gasteiger charge is 2.21. The van der Waals surface area contributed by atoms with E-state index in [1.165, 1.54) is 31.2 Å². The molecule has 0 radical (unpaired) electrons. The van der Waals surface area contributed by atoms with E-state index in [-0.39, 0.29) is 10.5 Å². The maximum Gasteiger partial charge on any atom is 0.338 e. The summed E-state index contributed by atoms with van der Waals surface area (Å²) in [7, 11) is -3.41. The number of benzene rings is 2. The van der Waals surface area contributed by atoms with Crippen LogP contribution in [0.4, 0.5) is 14.5 Å². The Balaban J connectivity index is 2.05. The molecule has 0 spiro atoms. The van der Waals surface area contributed by atoms with Crippen molar-refractivity contribution in [2.24, 2.45) is 0 Å². The van der Waals surface area contributed by atoms with Gasteiger partial charge in [0.05, 0.1) is 10.5 Å². The van der Waals surface area contributed by atoms with Gasteiger partial charge in [-0.2, -0.15) is 0 Å². The highest BCUT2D eigenvalue weighted by Crippen LogP contribution is 2.19. The highest BCUT2D eigenvalue weighted by molar-refractivity contribution is 7.90. The average molecular weight is 383 g/mol. The van der Waals surface area contributed by atoms with Crippen LogP contribution in [-0.2, 0) is 19.4 Å². The van der Waals surface area contributed by atoms with Gasteiger partial charge in [0.2, 0.25) is 0 Å². The molecule has 2 rings (SSSR count). The molecule has 0 fully saturated rings. The average Bonchev–Trinajstić information content (AvgIpc) is 2.57. The number of para-hydroxylation sites is 1. The van der Waals surface area contributed by atoms with E-state index in [1.54, 1.807) is 0 Å². The summed E-state index contributed by atoms with van der Waals surface area (Å²) in [6, 6.07) is 8.01. The van der Waals surface area contributed by atoms with Crippen molar-refractivity contribution in [2.75, 3.05) is 11.6 Å². The molecular weight excluding hydrogens is 368 g/mol. The molecule has 0 saturated heterocycles. The Morgan fingerprint density at radius 1 is 1.04 bits per heavy atom. The van der Waals surface area contributed by atoms with Crippen LogP contribution in [0.3, 0.4) is 0 Å². The standard InChI is InChI=1S/C17H15F2NO5S/c1-10(16(21)20-15-13(18)4-3-5-14(15)19)25-17(22)11-6-8-12(9-7-11)26(2,23)24/h3-10H,1-2H3,(H,20,21)/t10-/m1/s1. The molecule has 0 aliphatic rings. The van der Waals surface area contributed by atoms with Crippen molar-refractivity contribution in [3.05, 3.63) is 59.7 Å². The molecule has 138 valence electrons. The van der Waals surface area contributed by atoms with Crippen molar-refractivity contribution in [3.63, 3.8) is 0 Å². The quantitative estimate of drug-likeness (QED) is 0.802. The predicted octanol–water partition coefficient (Wildman–Crippen LogP) is 2.55. The predicted molar refractivity (Wildman–Crippen MR) is 89.4 cm³/mol. The molecule has 0 unspecified atom stereocenters. The third-order valence-electron chi connectivity index (χ3n) is 3.38. The number of amides is 1. The Labute approximate surface area is 148 Å². The van der Waals surface area contributed by atoms with Gasteiger partial charge in [-0.05, 0) is 43.3 Å². The van der Waals surface area contributed by atoms with Crippen molar-refractivity contribution in [3.8, 4) is 0 Å². The van der Waals surface area contributed by atoms with Gasteiger partial charge in [0.1, 0.15) is 17.3 Å². The number of carbonyl (C=O) groups is 2. The molecule has 2 aromatic carbocycles. The fourth-order valence-corrected chi connectivity index (χ4v) is 2.59. The fourth-order valence-electron chi connectivity index (χ4n) is 1.96. The lowest BCUT2D eigenvalue weighted by Gasteiger charge is -2.14. The molecule has 26 heavy (non-hydrogen) atoms. The van der Waals surface area contributed by atoms with Crippen LogP contribution in [0.15, 0.2) is 47.4 Å². The zero-order valence-electron chi connectivity index (χ0n) is 13.8. The molecule has 2 aromatic rings. The number of nitrogens with one attached hydrogen (secondary N) is 1. The first-order valence-corrected chi connectivity index (χ1v) is 9.24. The number of sulfone groups is 1. The Hall–Kier alpha value is -2.81. The third kappa shape index (κ3) is 4.63. The summed E-state index contributed by atoms with van der Waals surface area (Å²) in [6.07, 6.45) is -0.315. The Bertz CT molecular complexity index is 922. The first-order valence-electron chi connectivity index (χ1n) is 7.35. The van der Waals surface area contributed by atoms with Gasteiger partial charge in [-0.1, -0.05) is 6.07 Å². The zero-order chi connectivity index (χ0) is 19.5. The second-order valence-electron chi connectivity index (χ2n) is 5.43. The van der Waals surface area contributed by atoms with E-state index in [2.05, 4.69) is 0 Å². The van der Waals surface area contributed by atoms with Crippen LogP contribution in [0.5, 0.6) is 0 Å². The van der Waals surface area contributed by atoms with Crippen LogP contribution in [-0.4, -0.2) is 32.7 Å². The summed E-state index contributed by atoms with van der Waals surface area (Å²) in [4.78, 5) is 24.0. The molecule has 0 aliphatic heterocycles. The number of hydrogen-bond acceptors (Lipinski definition) is 5. The van der Waals surface area contributed by atoms with Crippen molar-refractivity contribution in [2.45, 2.75) is 17.9 Å².